The minimum Gasteiger partial charge on any atom is -0.478 e. The Bertz CT molecular complexity index is 987. The van der Waals surface area contributed by atoms with Crippen molar-refractivity contribution in [2.45, 2.75) is 18.2 Å². The lowest BCUT2D eigenvalue weighted by Crippen LogP contribution is -2.42. The highest BCUT2D eigenvalue weighted by Gasteiger charge is 2.62. The molecule has 4 nitrogen and oxygen atoms in total. The van der Waals surface area contributed by atoms with Gasteiger partial charge in [-0.25, -0.2) is 4.79 Å². The summed E-state index contributed by atoms with van der Waals surface area (Å²) in [6.45, 7) is 0. The van der Waals surface area contributed by atoms with Crippen LogP contribution in [0.3, 0.4) is 0 Å². The van der Waals surface area contributed by atoms with Crippen molar-refractivity contribution in [2.24, 2.45) is 5.16 Å². The Kier molecular flexibility index (Phi) is 5.49. The Labute approximate surface area is 176 Å². The topological polar surface area (TPSA) is 58.9 Å². The van der Waals surface area contributed by atoms with Crippen molar-refractivity contribution in [1.82, 2.24) is 0 Å². The average Bonchev–Trinajstić information content (AvgIpc) is 3.05. The van der Waals surface area contributed by atoms with Gasteiger partial charge in [0, 0.05) is 17.5 Å². The first-order chi connectivity index (χ1) is 13.0. The van der Waals surface area contributed by atoms with E-state index < -0.39 is 24.2 Å². The molecule has 0 saturated carbocycles. The summed E-state index contributed by atoms with van der Waals surface area (Å²) in [5, 5.41) is 12.0. The van der Waals surface area contributed by atoms with Crippen molar-refractivity contribution in [3.63, 3.8) is 0 Å². The van der Waals surface area contributed by atoms with E-state index >= 15 is 0 Å². The third kappa shape index (κ3) is 3.52. The van der Waals surface area contributed by atoms with Gasteiger partial charge in [0.15, 0.2) is 0 Å². The number of carbonyl (C=O) groups is 1. The summed E-state index contributed by atoms with van der Waals surface area (Å²) in [6.07, 6.45) is -5.57. The van der Waals surface area contributed by atoms with E-state index in [9.17, 15) is 18.0 Å². The van der Waals surface area contributed by atoms with Crippen LogP contribution < -0.4 is 0 Å². The first kappa shape index (κ1) is 21.0. The molecular weight excluding hydrogens is 465 g/mol. The quantitative estimate of drug-likeness (QED) is 0.513. The third-order valence-electron chi connectivity index (χ3n) is 4.17. The molecule has 0 fully saturated rings. The molecule has 2 aromatic rings. The summed E-state index contributed by atoms with van der Waals surface area (Å²) in [7, 11) is 0. The van der Waals surface area contributed by atoms with E-state index in [0.29, 0.717) is 0 Å². The van der Waals surface area contributed by atoms with E-state index in [1.165, 1.54) is 18.2 Å². The van der Waals surface area contributed by atoms with E-state index in [4.69, 9.17) is 56.3 Å². The number of nitrogens with zero attached hydrogens (tertiary/aromatic N) is 1. The Hall–Kier alpha value is -1.67. The first-order valence-corrected chi connectivity index (χ1v) is 8.97. The summed E-state index contributed by atoms with van der Waals surface area (Å²) in [6, 6.07) is 5.71. The maximum atomic E-state index is 14.0. The van der Waals surface area contributed by atoms with E-state index in [1.54, 1.807) is 0 Å². The van der Waals surface area contributed by atoms with Crippen molar-refractivity contribution < 1.29 is 27.9 Å². The van der Waals surface area contributed by atoms with Crippen molar-refractivity contribution in [1.29, 1.82) is 0 Å². The Morgan fingerprint density at radius 1 is 1.07 bits per heavy atom. The molecule has 11 heteroatoms. The number of aromatic carboxylic acids is 1. The van der Waals surface area contributed by atoms with Gasteiger partial charge in [0.2, 0.25) is 0 Å². The van der Waals surface area contributed by atoms with Crippen LogP contribution in [0.25, 0.3) is 0 Å². The van der Waals surface area contributed by atoms with Gasteiger partial charge in [-0.15, -0.1) is 0 Å². The lowest BCUT2D eigenvalue weighted by Gasteiger charge is -2.30. The fourth-order valence-electron chi connectivity index (χ4n) is 2.72. The minimum atomic E-state index is -4.87. The van der Waals surface area contributed by atoms with Gasteiger partial charge >= 0.3 is 12.1 Å². The molecule has 0 aliphatic carbocycles. The number of halogens is 7. The highest BCUT2D eigenvalue weighted by atomic mass is 35.5. The van der Waals surface area contributed by atoms with Gasteiger partial charge in [0.25, 0.3) is 5.60 Å². The van der Waals surface area contributed by atoms with Crippen LogP contribution in [0.2, 0.25) is 20.1 Å². The second-order valence-corrected chi connectivity index (χ2v) is 7.48. The van der Waals surface area contributed by atoms with Gasteiger partial charge in [-0.2, -0.15) is 13.2 Å². The summed E-state index contributed by atoms with van der Waals surface area (Å²) in [5.74, 6) is -1.27. The average molecular weight is 473 g/mol. The molecule has 1 aliphatic heterocycles. The number of hydrogen-bond donors (Lipinski definition) is 1. The van der Waals surface area contributed by atoms with Crippen molar-refractivity contribution in [3.8, 4) is 0 Å². The number of hydrogen-bond acceptors (Lipinski definition) is 3. The molecule has 1 heterocycles. The number of oxime groups is 1. The molecule has 1 unspecified atom stereocenters. The summed E-state index contributed by atoms with van der Waals surface area (Å²) >= 11 is 23.5. The molecule has 0 amide bonds. The highest BCUT2D eigenvalue weighted by molar-refractivity contribution is 6.48. The SMILES string of the molecule is O=C(O)c1ccc(C2=NOC(c3cc(Cl)c(Cl)c(Cl)c3)(C(F)(F)F)C2)cc1Cl. The van der Waals surface area contributed by atoms with Crippen LogP contribution in [-0.2, 0) is 10.4 Å². The summed E-state index contributed by atoms with van der Waals surface area (Å²) in [4.78, 5) is 15.9. The second kappa shape index (κ2) is 7.30. The largest absolute Gasteiger partial charge is 0.478 e. The van der Waals surface area contributed by atoms with Gasteiger partial charge in [-0.05, 0) is 24.3 Å². The van der Waals surface area contributed by atoms with Gasteiger partial charge < -0.3 is 9.94 Å². The Balaban J connectivity index is 2.04. The van der Waals surface area contributed by atoms with E-state index in [0.717, 1.165) is 12.1 Å². The highest BCUT2D eigenvalue weighted by Crippen LogP contribution is 2.50. The van der Waals surface area contributed by atoms with Crippen LogP contribution in [0.4, 0.5) is 13.2 Å². The molecule has 1 atom stereocenters. The van der Waals surface area contributed by atoms with Crippen molar-refractivity contribution in [3.05, 3.63) is 67.1 Å². The van der Waals surface area contributed by atoms with Gasteiger partial charge in [0.1, 0.15) is 0 Å². The van der Waals surface area contributed by atoms with Crippen LogP contribution in [0.15, 0.2) is 35.5 Å². The van der Waals surface area contributed by atoms with Crippen molar-refractivity contribution >= 4 is 58.1 Å². The van der Waals surface area contributed by atoms with Crippen LogP contribution in [-0.4, -0.2) is 23.0 Å². The molecule has 1 N–H and O–H groups in total. The monoisotopic (exact) mass is 471 g/mol. The molecule has 0 saturated heterocycles. The molecule has 1 aliphatic rings. The standard InChI is InChI=1S/C17H8Cl4F3NO3/c18-10-3-7(1-2-9(10)15(26)27)13-6-16(28-25-13,17(22,23)24)8-4-11(19)14(21)12(20)5-8/h1-5H,6H2,(H,26,27). The lowest BCUT2D eigenvalue weighted by atomic mass is 9.86. The predicted octanol–water partition coefficient (Wildman–Crippen LogP) is 6.58. The van der Waals surface area contributed by atoms with Crippen molar-refractivity contribution in [2.75, 3.05) is 0 Å². The number of carboxylic acid groups (broad SMARTS) is 1. The summed E-state index contributed by atoms with van der Waals surface area (Å²) in [5.41, 5.74) is -3.28. The zero-order chi connectivity index (χ0) is 20.9. The van der Waals surface area contributed by atoms with Gasteiger partial charge in [-0.3, -0.25) is 0 Å². The molecule has 148 valence electrons. The smallest absolute Gasteiger partial charge is 0.435 e. The fraction of sp³-hybridized carbons (Fsp3) is 0.176. The van der Waals surface area contributed by atoms with Crippen LogP contribution in [0, 0.1) is 0 Å². The van der Waals surface area contributed by atoms with E-state index in [1.807, 2.05) is 0 Å². The number of alkyl halides is 3. The molecule has 3 rings (SSSR count). The first-order valence-electron chi connectivity index (χ1n) is 7.46. The lowest BCUT2D eigenvalue weighted by molar-refractivity contribution is -0.275. The fourth-order valence-corrected chi connectivity index (χ4v) is 3.57. The van der Waals surface area contributed by atoms with Crippen LogP contribution >= 0.6 is 46.4 Å². The second-order valence-electron chi connectivity index (χ2n) is 5.88. The zero-order valence-electron chi connectivity index (χ0n) is 13.5. The normalized spacial score (nSPS) is 19.3. The minimum absolute atomic E-state index is 0.0710. The molecule has 0 aromatic heterocycles. The summed E-state index contributed by atoms with van der Waals surface area (Å²) < 4.78 is 41.9. The molecule has 0 bridgehead atoms. The number of carboxylic acids is 1. The zero-order valence-corrected chi connectivity index (χ0v) is 16.5. The molecule has 0 radical (unpaired) electrons. The molecule has 0 spiro atoms. The van der Waals surface area contributed by atoms with E-state index in [2.05, 4.69) is 5.16 Å². The van der Waals surface area contributed by atoms with E-state index in [-0.39, 0.29) is 42.5 Å². The van der Waals surface area contributed by atoms with Crippen LogP contribution in [0.5, 0.6) is 0 Å². The van der Waals surface area contributed by atoms with Crippen LogP contribution in [0.1, 0.15) is 27.9 Å². The molecule has 2 aromatic carbocycles. The maximum Gasteiger partial charge on any atom is 0.435 e. The van der Waals surface area contributed by atoms with Gasteiger partial charge in [0.05, 0.1) is 31.4 Å². The molecular formula is C17H8Cl4F3NO3. The number of rotatable bonds is 3. The third-order valence-corrected chi connectivity index (χ3v) is 5.68. The Morgan fingerprint density at radius 3 is 2.18 bits per heavy atom. The molecule has 28 heavy (non-hydrogen) atoms. The Morgan fingerprint density at radius 2 is 1.68 bits per heavy atom. The number of benzene rings is 2. The maximum absolute atomic E-state index is 14.0. The van der Waals surface area contributed by atoms with Gasteiger partial charge in [-0.1, -0.05) is 57.6 Å². The predicted molar refractivity (Wildman–Crippen MR) is 99.9 cm³/mol.